The van der Waals surface area contributed by atoms with Gasteiger partial charge in [-0.15, -0.1) is 10.2 Å². The molecule has 26 heavy (non-hydrogen) atoms. The van der Waals surface area contributed by atoms with Crippen LogP contribution in [0.1, 0.15) is 36.7 Å². The van der Waals surface area contributed by atoms with E-state index < -0.39 is 10.2 Å². The second kappa shape index (κ2) is 9.61. The average molecular weight is 382 g/mol. The average Bonchev–Trinajstić information content (AvgIpc) is 2.52. The highest BCUT2D eigenvalue weighted by Crippen LogP contribution is 2.12. The molecule has 0 aliphatic carbocycles. The van der Waals surface area contributed by atoms with Gasteiger partial charge in [0.25, 0.3) is 0 Å². The van der Waals surface area contributed by atoms with Gasteiger partial charge in [-0.05, 0) is 28.9 Å². The molecule has 0 saturated carbocycles. The molecule has 2 rings (SSSR count). The first-order valence-corrected chi connectivity index (χ1v) is 9.17. The Labute approximate surface area is 156 Å². The molecule has 0 aliphatic rings. The Morgan fingerprint density at radius 2 is 1.54 bits per heavy atom. The number of hydrogen-bond acceptors (Lipinski definition) is 6. The minimum atomic E-state index is -4.94. The minimum absolute atomic E-state index is 0.443. The lowest BCUT2D eigenvalue weighted by Gasteiger charge is -2.17. The summed E-state index contributed by atoms with van der Waals surface area (Å²) in [5.74, 6) is 0.443. The van der Waals surface area contributed by atoms with Crippen LogP contribution >= 0.6 is 0 Å². The number of hydrogen-bond donors (Lipinski definition) is 0. The molecular weight excluding hydrogens is 358 g/mol. The van der Waals surface area contributed by atoms with E-state index in [-0.39, 0.29) is 0 Å². The number of rotatable bonds is 4. The van der Waals surface area contributed by atoms with Crippen molar-refractivity contribution in [3.05, 3.63) is 59.4 Å². The molecule has 0 radical (unpaired) electrons. The Morgan fingerprint density at radius 1 is 1.00 bits per heavy atom. The van der Waals surface area contributed by atoms with E-state index in [1.807, 2.05) is 25.0 Å². The second-order valence-corrected chi connectivity index (χ2v) is 6.92. The number of halogens is 1. The van der Waals surface area contributed by atoms with Crippen LogP contribution in [0.25, 0.3) is 0 Å². The van der Waals surface area contributed by atoms with Crippen LogP contribution in [0, 0.1) is 17.2 Å². The summed E-state index contributed by atoms with van der Waals surface area (Å²) >= 11 is 0. The largest absolute Gasteiger partial charge is 0.378 e. The van der Waals surface area contributed by atoms with E-state index in [0.717, 1.165) is 11.3 Å². The highest BCUT2D eigenvalue weighted by molar-refractivity contribution is 5.79. The zero-order chi connectivity index (χ0) is 19.9. The van der Waals surface area contributed by atoms with Crippen molar-refractivity contribution in [2.45, 2.75) is 26.7 Å². The second-order valence-electron chi connectivity index (χ2n) is 6.17. The van der Waals surface area contributed by atoms with Gasteiger partial charge in [0.05, 0.1) is 0 Å². The number of anilines is 1. The predicted octanol–water partition coefficient (Wildman–Crippen LogP) is -1.40. The number of nitrogens with zero attached hydrogens (tertiary/aromatic N) is 3. The maximum absolute atomic E-state index is 8.49. The lowest BCUT2D eigenvalue weighted by Crippen LogP contribution is -2.68. The third-order valence-corrected chi connectivity index (χ3v) is 3.51. The van der Waals surface area contributed by atoms with Crippen molar-refractivity contribution >= 4 is 11.9 Å². The van der Waals surface area contributed by atoms with Crippen molar-refractivity contribution in [2.24, 2.45) is 5.10 Å². The Balaban J connectivity index is 0.000000597. The summed E-state index contributed by atoms with van der Waals surface area (Å²) < 4.78 is 36.0. The van der Waals surface area contributed by atoms with Gasteiger partial charge in [-0.1, -0.05) is 30.7 Å². The number of pyridine rings is 1. The smallest absolute Gasteiger partial charge is 0.217 e. The van der Waals surface area contributed by atoms with Crippen molar-refractivity contribution in [2.75, 3.05) is 19.0 Å². The van der Waals surface area contributed by atoms with Crippen molar-refractivity contribution in [3.8, 4) is 0 Å². The molecule has 0 unspecified atom stereocenters. The summed E-state index contributed by atoms with van der Waals surface area (Å²) in [6.07, 6.45) is 1.92. The van der Waals surface area contributed by atoms with Gasteiger partial charge in [-0.3, -0.25) is 0 Å². The first kappa shape index (κ1) is 22.0. The van der Waals surface area contributed by atoms with Gasteiger partial charge >= 0.3 is 0 Å². The molecule has 0 atom stereocenters. The monoisotopic (exact) mass is 381 g/mol. The van der Waals surface area contributed by atoms with Crippen LogP contribution in [-0.4, -0.2) is 20.3 Å². The van der Waals surface area contributed by atoms with Crippen LogP contribution in [0.5, 0.6) is 0 Å². The minimum Gasteiger partial charge on any atom is -0.378 e. The third kappa shape index (κ3) is 7.90. The molecule has 0 amide bonds. The zero-order valence-corrected chi connectivity index (χ0v) is 16.3. The summed E-state index contributed by atoms with van der Waals surface area (Å²) in [5, 5.41) is 4.65. The van der Waals surface area contributed by atoms with Gasteiger partial charge in [0.2, 0.25) is 11.4 Å². The summed E-state index contributed by atoms with van der Waals surface area (Å²) in [7, 11) is -0.859. The van der Waals surface area contributed by atoms with Gasteiger partial charge in [0.15, 0.2) is 0 Å². The first-order chi connectivity index (χ1) is 12.0. The molecule has 0 saturated heterocycles. The predicted molar refractivity (Wildman–Crippen MR) is 89.2 cm³/mol. The molecule has 1 heterocycles. The fraction of sp³-hybridized carbons (Fsp3) is 0.333. The van der Waals surface area contributed by atoms with Gasteiger partial charge in [-0.25, -0.2) is 18.6 Å². The van der Waals surface area contributed by atoms with E-state index in [4.69, 9.17) is 18.6 Å². The van der Waals surface area contributed by atoms with Crippen LogP contribution in [0.3, 0.4) is 0 Å². The van der Waals surface area contributed by atoms with E-state index >= 15 is 0 Å². The van der Waals surface area contributed by atoms with Crippen LogP contribution in [-0.2, 0) is 0 Å². The molecule has 8 heteroatoms. The molecule has 142 valence electrons. The fourth-order valence-electron chi connectivity index (χ4n) is 2.21. The Bertz CT molecular complexity index is 720. The molecule has 0 aliphatic heterocycles. The normalized spacial score (nSPS) is 11.5. The number of aromatic nitrogens is 1. The maximum atomic E-state index is 8.49. The summed E-state index contributed by atoms with van der Waals surface area (Å²) in [4.78, 5) is 2.09. The Hall–Kier alpha value is -2.03. The van der Waals surface area contributed by atoms with Gasteiger partial charge < -0.3 is 4.90 Å². The fourth-order valence-corrected chi connectivity index (χ4v) is 2.21. The van der Waals surface area contributed by atoms with E-state index in [1.54, 1.807) is 0 Å². The molecule has 1 aromatic carbocycles. The SMILES string of the molecule is Cc1cccc(C(C)C)[n+]1N=Cc1ccc(N(C)C)cc1.[O-][Cl+3]([O-])([O-])[O-]. The number of aryl methyl sites for hydroxylation is 1. The highest BCUT2D eigenvalue weighted by atomic mass is 35.7. The lowest BCUT2D eigenvalue weighted by atomic mass is 10.1. The third-order valence-electron chi connectivity index (χ3n) is 3.51. The molecule has 0 spiro atoms. The standard InChI is InChI=1S/C18H24N3.ClHO4/c1-14(2)18-8-6-7-15(3)21(18)19-13-16-9-11-17(12-10-16)20(4)5;2-1(3,4)5/h6-14H,1-5H3;(H,2,3,4,5)/q+1;/p-1. The molecule has 7 nitrogen and oxygen atoms in total. The van der Waals surface area contributed by atoms with Crippen molar-refractivity contribution in [3.63, 3.8) is 0 Å². The van der Waals surface area contributed by atoms with Crippen LogP contribution < -0.4 is 28.2 Å². The quantitative estimate of drug-likeness (QED) is 0.477. The van der Waals surface area contributed by atoms with Crippen LogP contribution in [0.15, 0.2) is 47.6 Å². The van der Waals surface area contributed by atoms with Gasteiger partial charge in [0, 0.05) is 44.8 Å². The molecular formula is C18H24ClN3O4. The summed E-state index contributed by atoms with van der Waals surface area (Å²) in [6.45, 7) is 6.46. The number of benzene rings is 1. The molecule has 0 fully saturated rings. The molecule has 0 N–H and O–H groups in total. The highest BCUT2D eigenvalue weighted by Gasteiger charge is 2.16. The maximum Gasteiger partial charge on any atom is 0.217 e. The van der Waals surface area contributed by atoms with E-state index in [9.17, 15) is 0 Å². The van der Waals surface area contributed by atoms with Crippen LogP contribution in [0.2, 0.25) is 0 Å². The first-order valence-electron chi connectivity index (χ1n) is 7.94. The summed E-state index contributed by atoms with van der Waals surface area (Å²) in [6, 6.07) is 14.7. The van der Waals surface area contributed by atoms with Crippen molar-refractivity contribution in [1.29, 1.82) is 0 Å². The van der Waals surface area contributed by atoms with Crippen LogP contribution in [0.4, 0.5) is 5.69 Å². The zero-order valence-electron chi connectivity index (χ0n) is 15.5. The van der Waals surface area contributed by atoms with E-state index in [2.05, 4.69) is 73.2 Å². The van der Waals surface area contributed by atoms with E-state index in [0.29, 0.717) is 5.92 Å². The molecule has 2 aromatic rings. The molecule has 1 aromatic heterocycles. The Kier molecular flexibility index (Phi) is 8.13. The van der Waals surface area contributed by atoms with Crippen molar-refractivity contribution < 1.29 is 33.6 Å². The summed E-state index contributed by atoms with van der Waals surface area (Å²) in [5.41, 5.74) is 4.66. The van der Waals surface area contributed by atoms with E-state index in [1.165, 1.54) is 11.4 Å². The molecule has 0 bridgehead atoms. The van der Waals surface area contributed by atoms with Gasteiger partial charge in [-0.2, -0.15) is 0 Å². The lowest BCUT2D eigenvalue weighted by molar-refractivity contribution is -2.00. The van der Waals surface area contributed by atoms with Gasteiger partial charge in [0.1, 0.15) is 6.21 Å². The topological polar surface area (TPSA) is 112 Å². The Morgan fingerprint density at radius 3 is 2.00 bits per heavy atom. The van der Waals surface area contributed by atoms with Crippen molar-refractivity contribution in [1.82, 2.24) is 0 Å².